The SMILES string of the molecule is CCCCCCCCCCCCCCCCC(C)(C)C(=O)NC1CCCCC1C(CC(=O)O)NC(=O)C1OC(C)(C)OCC1(C)C. The molecule has 268 valence electrons. The number of carboxylic acids is 1. The molecule has 1 aliphatic heterocycles. The second kappa shape index (κ2) is 20.0. The molecule has 1 saturated carbocycles. The summed E-state index contributed by atoms with van der Waals surface area (Å²) in [7, 11) is 0. The fraction of sp³-hybridized carbons (Fsp3) is 0.921. The van der Waals surface area contributed by atoms with Gasteiger partial charge in [-0.1, -0.05) is 137 Å². The summed E-state index contributed by atoms with van der Waals surface area (Å²) in [4.78, 5) is 39.1. The Kier molecular flexibility index (Phi) is 17.6. The van der Waals surface area contributed by atoms with Gasteiger partial charge in [-0.3, -0.25) is 14.4 Å². The van der Waals surface area contributed by atoms with Crippen molar-refractivity contribution >= 4 is 17.8 Å². The monoisotopic (exact) mass is 651 g/mol. The normalized spacial score (nSPS) is 23.4. The van der Waals surface area contributed by atoms with Gasteiger partial charge < -0.3 is 25.2 Å². The Morgan fingerprint density at radius 1 is 0.826 bits per heavy atom. The van der Waals surface area contributed by atoms with Crippen LogP contribution < -0.4 is 10.6 Å². The largest absolute Gasteiger partial charge is 0.481 e. The molecule has 0 spiro atoms. The molecular weight excluding hydrogens is 580 g/mol. The van der Waals surface area contributed by atoms with Crippen LogP contribution in [0.1, 0.15) is 177 Å². The first-order chi connectivity index (χ1) is 21.7. The quantitative estimate of drug-likeness (QED) is 0.101. The van der Waals surface area contributed by atoms with Crippen molar-refractivity contribution in [3.63, 3.8) is 0 Å². The summed E-state index contributed by atoms with van der Waals surface area (Å²) in [5, 5.41) is 16.2. The maximum absolute atomic E-state index is 13.6. The number of carbonyl (C=O) groups excluding carboxylic acids is 2. The molecule has 2 aliphatic rings. The lowest BCUT2D eigenvalue weighted by molar-refractivity contribution is -0.304. The lowest BCUT2D eigenvalue weighted by atomic mass is 9.77. The Labute approximate surface area is 281 Å². The van der Waals surface area contributed by atoms with Gasteiger partial charge in [-0.05, 0) is 39.0 Å². The first-order valence-electron chi connectivity index (χ1n) is 18.8. The smallest absolute Gasteiger partial charge is 0.305 e. The van der Waals surface area contributed by atoms with Crippen LogP contribution in [0.3, 0.4) is 0 Å². The highest BCUT2D eigenvalue weighted by Crippen LogP contribution is 2.36. The molecule has 1 heterocycles. The van der Waals surface area contributed by atoms with E-state index in [4.69, 9.17) is 9.47 Å². The lowest BCUT2D eigenvalue weighted by Gasteiger charge is -2.46. The van der Waals surface area contributed by atoms with E-state index < -0.39 is 34.7 Å². The predicted octanol–water partition coefficient (Wildman–Crippen LogP) is 8.70. The second-order valence-electron chi connectivity index (χ2n) is 16.1. The van der Waals surface area contributed by atoms with Crippen molar-refractivity contribution in [1.29, 1.82) is 0 Å². The summed E-state index contributed by atoms with van der Waals surface area (Å²) in [6.07, 6.45) is 21.7. The molecule has 2 fully saturated rings. The Balaban J connectivity index is 1.82. The van der Waals surface area contributed by atoms with Crippen molar-refractivity contribution in [1.82, 2.24) is 10.6 Å². The maximum Gasteiger partial charge on any atom is 0.305 e. The summed E-state index contributed by atoms with van der Waals surface area (Å²) < 4.78 is 11.8. The Bertz CT molecular complexity index is 917. The minimum absolute atomic E-state index is 0.0233. The molecule has 8 heteroatoms. The van der Waals surface area contributed by atoms with Gasteiger partial charge in [-0.25, -0.2) is 0 Å². The molecule has 46 heavy (non-hydrogen) atoms. The highest BCUT2D eigenvalue weighted by Gasteiger charge is 2.47. The van der Waals surface area contributed by atoms with E-state index >= 15 is 0 Å². The van der Waals surface area contributed by atoms with Crippen LogP contribution in [0, 0.1) is 16.7 Å². The highest BCUT2D eigenvalue weighted by atomic mass is 16.7. The van der Waals surface area contributed by atoms with E-state index in [1.807, 2.05) is 27.7 Å². The van der Waals surface area contributed by atoms with Crippen LogP contribution in [-0.2, 0) is 23.9 Å². The van der Waals surface area contributed by atoms with E-state index in [0.29, 0.717) is 6.61 Å². The molecule has 1 aliphatic carbocycles. The Morgan fingerprint density at radius 3 is 1.89 bits per heavy atom. The van der Waals surface area contributed by atoms with Crippen molar-refractivity contribution in [3.8, 4) is 0 Å². The number of unbranched alkanes of at least 4 members (excludes halogenated alkanes) is 13. The zero-order chi connectivity index (χ0) is 34.2. The highest BCUT2D eigenvalue weighted by molar-refractivity contribution is 5.83. The van der Waals surface area contributed by atoms with Crippen LogP contribution in [0.4, 0.5) is 0 Å². The topological polar surface area (TPSA) is 114 Å². The van der Waals surface area contributed by atoms with Gasteiger partial charge in [0.25, 0.3) is 0 Å². The molecule has 0 aromatic rings. The van der Waals surface area contributed by atoms with Crippen LogP contribution in [0.25, 0.3) is 0 Å². The summed E-state index contributed by atoms with van der Waals surface area (Å²) in [6.45, 7) is 14.1. The molecular formula is C38H70N2O6. The van der Waals surface area contributed by atoms with Crippen molar-refractivity contribution in [3.05, 3.63) is 0 Å². The summed E-state index contributed by atoms with van der Waals surface area (Å²) in [6, 6.07) is -0.781. The number of rotatable bonds is 22. The van der Waals surface area contributed by atoms with E-state index in [1.165, 1.54) is 77.0 Å². The number of nitrogens with one attached hydrogen (secondary N) is 2. The number of hydrogen-bond acceptors (Lipinski definition) is 5. The van der Waals surface area contributed by atoms with Gasteiger partial charge in [-0.15, -0.1) is 0 Å². The van der Waals surface area contributed by atoms with Gasteiger partial charge in [0.05, 0.1) is 13.0 Å². The van der Waals surface area contributed by atoms with Gasteiger partial charge in [0.2, 0.25) is 11.8 Å². The summed E-state index contributed by atoms with van der Waals surface area (Å²) in [5.74, 6) is -2.33. The van der Waals surface area contributed by atoms with Gasteiger partial charge in [0, 0.05) is 22.9 Å². The van der Waals surface area contributed by atoms with Crippen molar-refractivity contribution in [2.75, 3.05) is 6.61 Å². The van der Waals surface area contributed by atoms with E-state index in [0.717, 1.165) is 44.9 Å². The number of ether oxygens (including phenoxy) is 2. The number of aliphatic carboxylic acids is 1. The van der Waals surface area contributed by atoms with E-state index in [-0.39, 0.29) is 30.2 Å². The molecule has 2 rings (SSSR count). The van der Waals surface area contributed by atoms with E-state index in [1.54, 1.807) is 13.8 Å². The molecule has 8 nitrogen and oxygen atoms in total. The minimum Gasteiger partial charge on any atom is -0.481 e. The number of hydrogen-bond donors (Lipinski definition) is 3. The van der Waals surface area contributed by atoms with E-state index in [2.05, 4.69) is 17.6 Å². The standard InChI is InChI=1S/C38H70N2O6/c1-8-9-10-11-12-13-14-15-16-17-18-19-20-23-26-36(2,3)35(44)40-30-25-22-21-24-29(30)31(27-32(41)42)39-34(43)33-37(4,5)28-45-38(6,7)46-33/h29-31,33H,8-28H2,1-7H3,(H,39,43)(H,40,44)(H,41,42). The summed E-state index contributed by atoms with van der Waals surface area (Å²) in [5.41, 5.74) is -1.07. The Morgan fingerprint density at radius 2 is 1.35 bits per heavy atom. The van der Waals surface area contributed by atoms with Crippen LogP contribution in [0.15, 0.2) is 0 Å². The van der Waals surface area contributed by atoms with Gasteiger partial charge in [0.1, 0.15) is 6.10 Å². The van der Waals surface area contributed by atoms with Crippen molar-refractivity contribution in [2.45, 2.75) is 201 Å². The molecule has 4 unspecified atom stereocenters. The first-order valence-corrected chi connectivity index (χ1v) is 18.8. The third-order valence-electron chi connectivity index (χ3n) is 10.3. The van der Waals surface area contributed by atoms with Crippen LogP contribution in [0.2, 0.25) is 0 Å². The van der Waals surface area contributed by atoms with Crippen LogP contribution in [0.5, 0.6) is 0 Å². The van der Waals surface area contributed by atoms with Gasteiger partial charge >= 0.3 is 5.97 Å². The fourth-order valence-corrected chi connectivity index (χ4v) is 7.14. The zero-order valence-electron chi connectivity index (χ0n) is 30.6. The molecule has 0 aromatic carbocycles. The molecule has 4 atom stereocenters. The maximum atomic E-state index is 13.6. The number of carbonyl (C=O) groups is 3. The number of amides is 2. The van der Waals surface area contributed by atoms with Gasteiger partial charge in [0.15, 0.2) is 5.79 Å². The molecule has 2 amide bonds. The average Bonchev–Trinajstić information content (AvgIpc) is 2.98. The van der Waals surface area contributed by atoms with E-state index in [9.17, 15) is 19.5 Å². The number of carboxylic acid groups (broad SMARTS) is 1. The molecule has 1 saturated heterocycles. The lowest BCUT2D eigenvalue weighted by Crippen LogP contribution is -2.60. The Hall–Kier alpha value is -1.67. The molecule has 0 bridgehead atoms. The predicted molar refractivity (Wildman–Crippen MR) is 185 cm³/mol. The van der Waals surface area contributed by atoms with Gasteiger partial charge in [-0.2, -0.15) is 0 Å². The molecule has 3 N–H and O–H groups in total. The van der Waals surface area contributed by atoms with Crippen molar-refractivity contribution in [2.24, 2.45) is 16.7 Å². The average molecular weight is 651 g/mol. The van der Waals surface area contributed by atoms with Crippen LogP contribution >= 0.6 is 0 Å². The molecule has 0 aromatic heterocycles. The molecule has 0 radical (unpaired) electrons. The first kappa shape index (κ1) is 40.5. The van der Waals surface area contributed by atoms with Crippen LogP contribution in [-0.4, -0.2) is 53.5 Å². The summed E-state index contributed by atoms with van der Waals surface area (Å²) >= 11 is 0. The second-order valence-corrected chi connectivity index (χ2v) is 16.1. The minimum atomic E-state index is -0.966. The van der Waals surface area contributed by atoms with Crippen molar-refractivity contribution < 1.29 is 29.0 Å². The third-order valence-corrected chi connectivity index (χ3v) is 10.3. The zero-order valence-corrected chi connectivity index (χ0v) is 30.6. The fourth-order valence-electron chi connectivity index (χ4n) is 7.14. The third kappa shape index (κ3) is 14.6.